The molecule has 3 aromatic rings. The van der Waals surface area contributed by atoms with E-state index in [-0.39, 0.29) is 6.10 Å². The quantitative estimate of drug-likeness (QED) is 0.380. The Morgan fingerprint density at radius 3 is 2.55 bits per heavy atom. The summed E-state index contributed by atoms with van der Waals surface area (Å²) in [5, 5.41) is 1.78. The summed E-state index contributed by atoms with van der Waals surface area (Å²) in [5.74, 6) is 2.32. The Balaban J connectivity index is 1.30. The summed E-state index contributed by atoms with van der Waals surface area (Å²) in [6, 6.07) is 17.7. The molecule has 0 bridgehead atoms. The largest absolute Gasteiger partial charge is 0.490 e. The number of benzene rings is 2. The Kier molecular flexibility index (Phi) is 7.24. The third kappa shape index (κ3) is 5.65. The fourth-order valence-corrected chi connectivity index (χ4v) is 4.99. The fourth-order valence-electron chi connectivity index (χ4n) is 4.87. The number of ketones is 1. The van der Waals surface area contributed by atoms with Gasteiger partial charge in [0.15, 0.2) is 0 Å². The van der Waals surface area contributed by atoms with Gasteiger partial charge in [0.1, 0.15) is 11.5 Å². The minimum absolute atomic E-state index is 0.240. The molecule has 1 atom stereocenters. The number of carbonyl (C=O) groups excluding carboxylic acids is 1. The van der Waals surface area contributed by atoms with Gasteiger partial charge >= 0.3 is 0 Å². The maximum absolute atomic E-state index is 12.7. The zero-order valence-electron chi connectivity index (χ0n) is 18.1. The van der Waals surface area contributed by atoms with Crippen molar-refractivity contribution in [1.29, 1.82) is 0 Å². The van der Waals surface area contributed by atoms with E-state index in [9.17, 15) is 4.79 Å². The first-order valence-electron chi connectivity index (χ1n) is 11.4. The van der Waals surface area contributed by atoms with Crippen molar-refractivity contribution in [3.63, 3.8) is 0 Å². The van der Waals surface area contributed by atoms with Gasteiger partial charge in [0, 0.05) is 29.4 Å². The van der Waals surface area contributed by atoms with E-state index in [1.54, 1.807) is 0 Å². The number of ether oxygens (including phenoxy) is 1. The monoisotopic (exact) mass is 435 g/mol. The summed E-state index contributed by atoms with van der Waals surface area (Å²) in [4.78, 5) is 17.1. The standard InChI is InChI=1S/C27H30ClNO2/c1-2-20(18-23(30)17-19-7-11-22(28)12-8-19)21-9-13-24(14-10-21)31-27-15-16-29-26-6-4-3-5-25(26)27/h3-8,11-12,15-16,20-21,24H,2,9-10,13-14,17-18H2,1H3. The average Bonchev–Trinajstić information content (AvgIpc) is 2.80. The Morgan fingerprint density at radius 1 is 1.06 bits per heavy atom. The predicted molar refractivity (Wildman–Crippen MR) is 127 cm³/mol. The van der Waals surface area contributed by atoms with Crippen LogP contribution in [0, 0.1) is 11.8 Å². The first-order chi connectivity index (χ1) is 15.1. The van der Waals surface area contributed by atoms with Gasteiger partial charge < -0.3 is 4.74 Å². The van der Waals surface area contributed by atoms with Crippen LogP contribution in [0.15, 0.2) is 60.8 Å². The van der Waals surface area contributed by atoms with Crippen LogP contribution in [0.4, 0.5) is 0 Å². The van der Waals surface area contributed by atoms with E-state index in [1.807, 2.05) is 54.7 Å². The van der Waals surface area contributed by atoms with E-state index >= 15 is 0 Å². The van der Waals surface area contributed by atoms with Gasteiger partial charge in [-0.1, -0.05) is 49.2 Å². The number of pyridine rings is 1. The van der Waals surface area contributed by atoms with Crippen molar-refractivity contribution in [2.45, 2.75) is 58.0 Å². The Bertz CT molecular complexity index is 1000. The highest BCUT2D eigenvalue weighted by Gasteiger charge is 2.29. The minimum Gasteiger partial charge on any atom is -0.490 e. The summed E-state index contributed by atoms with van der Waals surface area (Å²) in [5.41, 5.74) is 2.02. The summed E-state index contributed by atoms with van der Waals surface area (Å²) in [6.45, 7) is 2.21. The molecule has 0 amide bonds. The number of rotatable bonds is 8. The molecule has 1 heterocycles. The van der Waals surface area contributed by atoms with E-state index in [2.05, 4.69) is 18.0 Å². The molecule has 1 aromatic heterocycles. The molecular formula is C27H30ClNO2. The van der Waals surface area contributed by atoms with Gasteiger partial charge in [-0.3, -0.25) is 9.78 Å². The van der Waals surface area contributed by atoms with Crippen LogP contribution < -0.4 is 4.74 Å². The zero-order valence-corrected chi connectivity index (χ0v) is 18.9. The number of para-hydroxylation sites is 1. The van der Waals surface area contributed by atoms with Crippen molar-refractivity contribution >= 4 is 28.3 Å². The van der Waals surface area contributed by atoms with Crippen LogP contribution in [0.3, 0.4) is 0 Å². The summed E-state index contributed by atoms with van der Waals surface area (Å²) >= 11 is 5.95. The fraction of sp³-hybridized carbons (Fsp3) is 0.407. The number of halogens is 1. The molecule has 0 spiro atoms. The van der Waals surface area contributed by atoms with Gasteiger partial charge in [0.2, 0.25) is 0 Å². The first-order valence-corrected chi connectivity index (χ1v) is 11.8. The lowest BCUT2D eigenvalue weighted by atomic mass is 9.75. The average molecular weight is 436 g/mol. The van der Waals surface area contributed by atoms with Crippen LogP contribution in [0.5, 0.6) is 5.75 Å². The second-order valence-electron chi connectivity index (χ2n) is 8.70. The van der Waals surface area contributed by atoms with Crippen LogP contribution in [0.1, 0.15) is 51.0 Å². The molecule has 0 saturated heterocycles. The summed E-state index contributed by atoms with van der Waals surface area (Å²) in [6.07, 6.45) is 8.63. The SMILES string of the molecule is CCC(CC(=O)Cc1ccc(Cl)cc1)C1CCC(Oc2ccnc3ccccc23)CC1. The van der Waals surface area contributed by atoms with Gasteiger partial charge in [-0.2, -0.15) is 0 Å². The molecule has 0 radical (unpaired) electrons. The van der Waals surface area contributed by atoms with Crippen LogP contribution in [0.2, 0.25) is 5.02 Å². The highest BCUT2D eigenvalue weighted by Crippen LogP contribution is 2.36. The molecule has 0 aliphatic heterocycles. The minimum atomic E-state index is 0.240. The molecule has 2 aromatic carbocycles. The van der Waals surface area contributed by atoms with Crippen molar-refractivity contribution < 1.29 is 9.53 Å². The molecule has 4 rings (SSSR count). The lowest BCUT2D eigenvalue weighted by Gasteiger charge is -2.33. The molecule has 1 saturated carbocycles. The number of hydrogen-bond acceptors (Lipinski definition) is 3. The number of carbonyl (C=O) groups is 1. The second-order valence-corrected chi connectivity index (χ2v) is 9.13. The van der Waals surface area contributed by atoms with Crippen molar-refractivity contribution in [3.05, 3.63) is 71.4 Å². The van der Waals surface area contributed by atoms with E-state index in [0.717, 1.165) is 54.3 Å². The summed E-state index contributed by atoms with van der Waals surface area (Å²) in [7, 11) is 0. The number of aromatic nitrogens is 1. The number of hydrogen-bond donors (Lipinski definition) is 0. The predicted octanol–water partition coefficient (Wildman–Crippen LogP) is 7.05. The highest BCUT2D eigenvalue weighted by molar-refractivity contribution is 6.30. The molecular weight excluding hydrogens is 406 g/mol. The number of Topliss-reactive ketones (excluding diaryl/α,β-unsaturated/α-hetero) is 1. The Labute approximate surface area is 189 Å². The molecule has 3 nitrogen and oxygen atoms in total. The molecule has 1 fully saturated rings. The van der Waals surface area contributed by atoms with Gasteiger partial charge in [0.05, 0.1) is 11.6 Å². The van der Waals surface area contributed by atoms with Crippen molar-refractivity contribution in [2.24, 2.45) is 11.8 Å². The van der Waals surface area contributed by atoms with Crippen LogP contribution in [-0.2, 0) is 11.2 Å². The van der Waals surface area contributed by atoms with E-state index in [0.29, 0.717) is 35.5 Å². The highest BCUT2D eigenvalue weighted by atomic mass is 35.5. The lowest BCUT2D eigenvalue weighted by molar-refractivity contribution is -0.119. The van der Waals surface area contributed by atoms with Crippen molar-refractivity contribution in [3.8, 4) is 5.75 Å². The first kappa shape index (κ1) is 21.8. The van der Waals surface area contributed by atoms with Crippen LogP contribution in [0.25, 0.3) is 10.9 Å². The third-order valence-corrected chi connectivity index (χ3v) is 6.87. The summed E-state index contributed by atoms with van der Waals surface area (Å²) < 4.78 is 6.38. The van der Waals surface area contributed by atoms with Crippen LogP contribution >= 0.6 is 11.6 Å². The second kappa shape index (κ2) is 10.3. The van der Waals surface area contributed by atoms with E-state index in [4.69, 9.17) is 16.3 Å². The molecule has 1 aliphatic rings. The van der Waals surface area contributed by atoms with Gasteiger partial charge in [-0.05, 0) is 73.4 Å². The molecule has 0 N–H and O–H groups in total. The maximum atomic E-state index is 12.7. The molecule has 4 heteroatoms. The lowest BCUT2D eigenvalue weighted by Crippen LogP contribution is -2.29. The molecule has 162 valence electrons. The molecule has 1 unspecified atom stereocenters. The van der Waals surface area contributed by atoms with Gasteiger partial charge in [0.25, 0.3) is 0 Å². The maximum Gasteiger partial charge on any atom is 0.137 e. The number of nitrogens with zero attached hydrogens (tertiary/aromatic N) is 1. The van der Waals surface area contributed by atoms with Crippen molar-refractivity contribution in [1.82, 2.24) is 4.98 Å². The normalized spacial score (nSPS) is 19.8. The Hall–Kier alpha value is -2.39. The number of fused-ring (bicyclic) bond motifs is 1. The molecule has 1 aliphatic carbocycles. The van der Waals surface area contributed by atoms with E-state index < -0.39 is 0 Å². The van der Waals surface area contributed by atoms with Crippen molar-refractivity contribution in [2.75, 3.05) is 0 Å². The van der Waals surface area contributed by atoms with Crippen LogP contribution in [-0.4, -0.2) is 16.9 Å². The molecule has 31 heavy (non-hydrogen) atoms. The van der Waals surface area contributed by atoms with Gasteiger partial charge in [-0.15, -0.1) is 0 Å². The topological polar surface area (TPSA) is 39.2 Å². The Morgan fingerprint density at radius 2 is 1.81 bits per heavy atom. The van der Waals surface area contributed by atoms with Gasteiger partial charge in [-0.25, -0.2) is 0 Å². The zero-order chi connectivity index (χ0) is 21.6. The smallest absolute Gasteiger partial charge is 0.137 e. The third-order valence-electron chi connectivity index (χ3n) is 6.62. The van der Waals surface area contributed by atoms with E-state index in [1.165, 1.54) is 0 Å².